The summed E-state index contributed by atoms with van der Waals surface area (Å²) in [6.45, 7) is 2.64. The molecule has 1 aromatic carbocycles. The summed E-state index contributed by atoms with van der Waals surface area (Å²) < 4.78 is 23.0. The minimum atomic E-state index is -0.423. The molecule has 1 unspecified atom stereocenters. The molecular weight excluding hydrogens is 511 g/mol. The van der Waals surface area contributed by atoms with E-state index in [9.17, 15) is 14.3 Å². The van der Waals surface area contributed by atoms with Crippen molar-refractivity contribution < 1.29 is 19.0 Å². The Kier molecular flexibility index (Phi) is 7.20. The van der Waals surface area contributed by atoms with Crippen LogP contribution >= 0.6 is 11.6 Å². The second kappa shape index (κ2) is 10.6. The van der Waals surface area contributed by atoms with Crippen molar-refractivity contribution in [3.05, 3.63) is 82.1 Å². The maximum absolute atomic E-state index is 14.0. The van der Waals surface area contributed by atoms with Crippen molar-refractivity contribution in [3.63, 3.8) is 0 Å². The maximum Gasteiger partial charge on any atom is 0.271 e. The average molecular weight is 539 g/mol. The standard InChI is InChI=1S/C27H28ClFN6O3/c1-16-9-31-33(2)26(16)32-25-8-22(23(28)10-30-25)19-7-24-27(37)35(21(15-38-3)13-34(24)11-19)12-18-6-20(29)5-4-17(18)14-36/h4-11,21,36H,12-15H2,1-3H3,(H,30,32). The third-order valence-corrected chi connectivity index (χ3v) is 7.10. The quantitative estimate of drug-likeness (QED) is 0.347. The van der Waals surface area contributed by atoms with Crippen molar-refractivity contribution >= 4 is 29.1 Å². The Morgan fingerprint density at radius 1 is 1.24 bits per heavy atom. The number of benzene rings is 1. The van der Waals surface area contributed by atoms with E-state index in [-0.39, 0.29) is 25.1 Å². The molecule has 4 heterocycles. The fourth-order valence-corrected chi connectivity index (χ4v) is 5.03. The number of rotatable bonds is 8. The van der Waals surface area contributed by atoms with Crippen LogP contribution in [-0.2, 0) is 31.5 Å². The van der Waals surface area contributed by atoms with Crippen LogP contribution in [0.1, 0.15) is 27.2 Å². The van der Waals surface area contributed by atoms with Crippen molar-refractivity contribution in [2.75, 3.05) is 19.0 Å². The fourth-order valence-electron chi connectivity index (χ4n) is 4.82. The number of nitrogens with zero attached hydrogens (tertiary/aromatic N) is 5. The Morgan fingerprint density at radius 2 is 2.05 bits per heavy atom. The summed E-state index contributed by atoms with van der Waals surface area (Å²) in [6.07, 6.45) is 5.24. The lowest BCUT2D eigenvalue weighted by molar-refractivity contribution is 0.0386. The highest BCUT2D eigenvalue weighted by Gasteiger charge is 2.34. The number of aliphatic hydroxyl groups excluding tert-OH is 1. The molecule has 0 radical (unpaired) electrons. The predicted molar refractivity (Wildman–Crippen MR) is 142 cm³/mol. The Morgan fingerprint density at radius 3 is 2.76 bits per heavy atom. The van der Waals surface area contributed by atoms with E-state index >= 15 is 0 Å². The van der Waals surface area contributed by atoms with Gasteiger partial charge in [0.15, 0.2) is 0 Å². The minimum Gasteiger partial charge on any atom is -0.392 e. The highest BCUT2D eigenvalue weighted by Crippen LogP contribution is 2.34. The van der Waals surface area contributed by atoms with Crippen molar-refractivity contribution in [1.29, 1.82) is 0 Å². The number of nitrogens with one attached hydrogen (secondary N) is 1. The van der Waals surface area contributed by atoms with Gasteiger partial charge in [0.25, 0.3) is 5.91 Å². The van der Waals surface area contributed by atoms with Gasteiger partial charge in [-0.1, -0.05) is 17.7 Å². The number of methoxy groups -OCH3 is 1. The van der Waals surface area contributed by atoms with Gasteiger partial charge in [-0.3, -0.25) is 9.48 Å². The number of aryl methyl sites for hydroxylation is 2. The van der Waals surface area contributed by atoms with Crippen LogP contribution in [-0.4, -0.2) is 55.0 Å². The van der Waals surface area contributed by atoms with Gasteiger partial charge in [0.2, 0.25) is 0 Å². The van der Waals surface area contributed by atoms with E-state index in [2.05, 4.69) is 15.4 Å². The molecule has 1 aliphatic rings. The van der Waals surface area contributed by atoms with Crippen molar-refractivity contribution in [2.24, 2.45) is 7.05 Å². The number of halogens is 2. The monoisotopic (exact) mass is 538 g/mol. The molecule has 1 atom stereocenters. The van der Waals surface area contributed by atoms with E-state index in [1.54, 1.807) is 35.2 Å². The zero-order valence-corrected chi connectivity index (χ0v) is 22.0. The fraction of sp³-hybridized carbons (Fsp3) is 0.296. The van der Waals surface area contributed by atoms with Gasteiger partial charge < -0.3 is 24.6 Å². The van der Waals surface area contributed by atoms with Gasteiger partial charge in [0, 0.05) is 56.3 Å². The molecule has 3 aromatic heterocycles. The maximum atomic E-state index is 14.0. The number of aliphatic hydroxyl groups is 1. The number of amides is 1. The van der Waals surface area contributed by atoms with Gasteiger partial charge in [-0.25, -0.2) is 9.37 Å². The lowest BCUT2D eigenvalue weighted by Crippen LogP contribution is -2.49. The number of carbonyl (C=O) groups excluding carboxylic acids is 1. The molecule has 0 spiro atoms. The van der Waals surface area contributed by atoms with Gasteiger partial charge in [0.05, 0.1) is 30.5 Å². The second-order valence-corrected chi connectivity index (χ2v) is 9.76. The molecule has 9 nitrogen and oxygen atoms in total. The third kappa shape index (κ3) is 4.90. The molecule has 38 heavy (non-hydrogen) atoms. The van der Waals surface area contributed by atoms with E-state index in [0.717, 1.165) is 22.5 Å². The van der Waals surface area contributed by atoms with Crippen molar-refractivity contribution in [2.45, 2.75) is 32.7 Å². The molecule has 0 saturated heterocycles. The zero-order chi connectivity index (χ0) is 27.0. The Balaban J connectivity index is 1.48. The van der Waals surface area contributed by atoms with Crippen LogP contribution < -0.4 is 5.32 Å². The van der Waals surface area contributed by atoms with Crippen molar-refractivity contribution in [1.82, 2.24) is 24.2 Å². The molecule has 0 bridgehead atoms. The predicted octanol–water partition coefficient (Wildman–Crippen LogP) is 4.29. The Bertz CT molecular complexity index is 1480. The molecular formula is C27H28ClFN6O3. The SMILES string of the molecule is COCC1Cn2cc(-c3cc(Nc4c(C)cnn4C)ncc3Cl)cc2C(=O)N1Cc1cc(F)ccc1CO. The van der Waals surface area contributed by atoms with Gasteiger partial charge in [-0.2, -0.15) is 5.10 Å². The number of hydrogen-bond donors (Lipinski definition) is 2. The van der Waals surface area contributed by atoms with Gasteiger partial charge in [-0.05, 0) is 42.3 Å². The number of ether oxygens (including phenoxy) is 1. The summed E-state index contributed by atoms with van der Waals surface area (Å²) in [7, 11) is 3.42. The normalized spacial score (nSPS) is 15.2. The summed E-state index contributed by atoms with van der Waals surface area (Å²) in [5.74, 6) is 0.767. The van der Waals surface area contributed by atoms with Gasteiger partial charge >= 0.3 is 0 Å². The lowest BCUT2D eigenvalue weighted by Gasteiger charge is -2.36. The van der Waals surface area contributed by atoms with E-state index < -0.39 is 5.82 Å². The molecule has 0 saturated carbocycles. The molecule has 0 aliphatic carbocycles. The highest BCUT2D eigenvalue weighted by atomic mass is 35.5. The van der Waals surface area contributed by atoms with Crippen LogP contribution in [0.15, 0.2) is 48.9 Å². The zero-order valence-electron chi connectivity index (χ0n) is 21.3. The first-order valence-corrected chi connectivity index (χ1v) is 12.5. The van der Waals surface area contributed by atoms with E-state index in [4.69, 9.17) is 16.3 Å². The number of fused-ring (bicyclic) bond motifs is 1. The van der Waals surface area contributed by atoms with E-state index in [1.165, 1.54) is 18.2 Å². The first-order chi connectivity index (χ1) is 18.3. The van der Waals surface area contributed by atoms with Gasteiger partial charge in [-0.15, -0.1) is 0 Å². The topological polar surface area (TPSA) is 97.4 Å². The number of carbonyl (C=O) groups is 1. The molecule has 1 aliphatic heterocycles. The summed E-state index contributed by atoms with van der Waals surface area (Å²) in [5.41, 5.74) is 4.08. The summed E-state index contributed by atoms with van der Waals surface area (Å²) >= 11 is 6.55. The van der Waals surface area contributed by atoms with Crippen LogP contribution in [0.2, 0.25) is 5.02 Å². The summed E-state index contributed by atoms with van der Waals surface area (Å²) in [6, 6.07) is 7.55. The summed E-state index contributed by atoms with van der Waals surface area (Å²) in [4.78, 5) is 19.8. The lowest BCUT2D eigenvalue weighted by atomic mass is 10.0. The minimum absolute atomic E-state index is 0.148. The molecule has 2 N–H and O–H groups in total. The largest absolute Gasteiger partial charge is 0.392 e. The number of pyridine rings is 1. The molecule has 1 amide bonds. The van der Waals surface area contributed by atoms with Crippen LogP contribution in [0.25, 0.3) is 11.1 Å². The number of hydrogen-bond acceptors (Lipinski definition) is 6. The average Bonchev–Trinajstić information content (AvgIpc) is 3.46. The smallest absolute Gasteiger partial charge is 0.271 e. The first kappa shape index (κ1) is 25.9. The van der Waals surface area contributed by atoms with E-state index in [1.807, 2.05) is 30.8 Å². The van der Waals surface area contributed by atoms with Crippen LogP contribution in [0, 0.1) is 12.7 Å². The third-order valence-electron chi connectivity index (χ3n) is 6.80. The van der Waals surface area contributed by atoms with Gasteiger partial charge in [0.1, 0.15) is 23.1 Å². The Labute approximate surface area is 224 Å². The van der Waals surface area contributed by atoms with Crippen LogP contribution in [0.3, 0.4) is 0 Å². The van der Waals surface area contributed by atoms with Crippen LogP contribution in [0.4, 0.5) is 16.0 Å². The molecule has 0 fully saturated rings. The van der Waals surface area contributed by atoms with E-state index in [0.29, 0.717) is 40.8 Å². The molecule has 4 aromatic rings. The molecule has 5 rings (SSSR count). The molecule has 11 heteroatoms. The summed E-state index contributed by atoms with van der Waals surface area (Å²) in [5, 5.41) is 17.7. The number of aromatic nitrogens is 4. The molecule has 198 valence electrons. The van der Waals surface area contributed by atoms with Crippen molar-refractivity contribution in [3.8, 4) is 11.1 Å². The Hall–Kier alpha value is -3.73. The first-order valence-electron chi connectivity index (χ1n) is 12.1. The second-order valence-electron chi connectivity index (χ2n) is 9.35. The van der Waals surface area contributed by atoms with Crippen LogP contribution in [0.5, 0.6) is 0 Å². The number of anilines is 2. The highest BCUT2D eigenvalue weighted by molar-refractivity contribution is 6.33.